The van der Waals surface area contributed by atoms with Crippen molar-refractivity contribution in [2.75, 3.05) is 79.3 Å². The Bertz CT molecular complexity index is 4360. The first kappa shape index (κ1) is 139. The third kappa shape index (κ3) is 55.2. The van der Waals surface area contributed by atoms with Crippen LogP contribution in [-0.2, 0) is 220 Å². The molecule has 4 rings (SSSR count). The largest absolute Gasteiger partial charge is 0.470 e. The Morgan fingerprint density at radius 3 is 0.255 bits per heavy atom. The van der Waals surface area contributed by atoms with Crippen LogP contribution in [0.2, 0.25) is 0 Å². The van der Waals surface area contributed by atoms with Crippen molar-refractivity contribution in [1.29, 1.82) is 0 Å². The Kier molecular flexibility index (Phi) is 51.1. The molecule has 0 aliphatic heterocycles. The number of phosphoric acid groups is 20. The van der Waals surface area contributed by atoms with Crippen LogP contribution in [0.1, 0.15) is 0 Å². The van der Waals surface area contributed by atoms with Crippen LogP contribution < -0.4 is 0 Å². The fourth-order valence-corrected chi connectivity index (χ4v) is 24.3. The van der Waals surface area contributed by atoms with Gasteiger partial charge in [-0.15, -0.1) is 0 Å². The Morgan fingerprint density at radius 1 is 0.117 bits per heavy atom. The van der Waals surface area contributed by atoms with Gasteiger partial charge in [0.1, 0.15) is 146 Å². The van der Waals surface area contributed by atoms with Crippen molar-refractivity contribution < 1.29 is 415 Å². The van der Waals surface area contributed by atoms with Crippen molar-refractivity contribution in [1.82, 2.24) is 0 Å². The summed E-state index contributed by atoms with van der Waals surface area (Å²) in [5, 5.41) is 0. The van der Waals surface area contributed by atoms with Crippen molar-refractivity contribution >= 4 is 156 Å². The minimum atomic E-state index is -6.62. The topological polar surface area (TPSA) is 1410 Å². The predicted molar refractivity (Wildman–Crippen MR) is 423 cm³/mol. The van der Waals surface area contributed by atoms with Gasteiger partial charge in [0.05, 0.1) is 84.7 Å². The summed E-state index contributed by atoms with van der Waals surface area (Å²) in [5.41, 5.74) is -3.00. The van der Waals surface area contributed by atoms with Crippen LogP contribution in [0, 0.1) is 5.41 Å². The molecule has 108 heteroatoms. The molecule has 0 spiro atoms. The van der Waals surface area contributed by atoms with Crippen molar-refractivity contribution in [3.05, 3.63) is 0 Å². The molecule has 0 aromatic heterocycles. The van der Waals surface area contributed by atoms with E-state index in [-0.39, 0.29) is 0 Å². The molecule has 0 bridgehead atoms. The maximum absolute atomic E-state index is 12.7. The lowest BCUT2D eigenvalue weighted by Gasteiger charge is -2.48. The van der Waals surface area contributed by atoms with Gasteiger partial charge in [0.2, 0.25) is 0 Å². The molecule has 864 valence electrons. The van der Waals surface area contributed by atoms with E-state index in [1.54, 1.807) is 0 Å². The van der Waals surface area contributed by atoms with Gasteiger partial charge in [0.25, 0.3) is 0 Å². The van der Waals surface area contributed by atoms with Crippen LogP contribution in [0.4, 0.5) is 0 Å². The average Bonchev–Trinajstić information content (AvgIpc) is 0.758. The summed E-state index contributed by atoms with van der Waals surface area (Å²) >= 11 is 0. The molecule has 88 nitrogen and oxygen atoms in total. The standard InChI is InChI=1S/C37H88O88P20/c38-126(39,40)106-17-13(18(107-127(41,42)43)26(115-135(65,66)67)33(122-142(86,87)88)25(17)114-134(62,63)64)102-5-1-98-9-37(10-99-2-6-103-14-19(108-128(44,45)46)27(116-136(68,69)70)34(123-143(89,90)91)28(117-137(71,72)73)20(14)109-129(47,48)49,11-100-3-7-104-15-21(110-130(50,51)52)29(118-138(74,75)76)35(124-144(92,93)94)30(119-139(77,78)79)22(15)111-131(53,54)55)12-101-4-8-105-16-23(112-132(56,57)58)31(120-140(80,81)82)36(125-145(95,96)97)32(121-141(83,84)85)24(16)113-133(59,60)61/h13-36H,1-12H2,(H2,38,39,40)(H2,41,42,43)(H2,44,45,46)(H2,47,48,49)(H2,50,51,52)(H2,53,54,55)(H2,56,57,58)(H2,59,60,61)(H2,62,63,64)(H2,65,66,67)(H2,68,69,70)(H2,71,72,73)(H2,74,75,76)(H2,77,78,79)(H2,80,81,82)(H2,83,84,85)(H2,86,87,88)(H2,89,90,91)(H2,92,93,94)(H2,95,96,97)/t13?,14?,15?,16?,17-,18+,19-,20+,21-,22+,23-,24+,25+,26-,27+,28-,29+,30-,31+,32-,33?,34?,35?,36?,37?. The zero-order chi connectivity index (χ0) is 113. The second-order valence-corrected chi connectivity index (χ2v) is 52.1. The smallest absolute Gasteiger partial charge is 0.378 e. The van der Waals surface area contributed by atoms with E-state index in [1.165, 1.54) is 0 Å². The molecule has 4 saturated carbocycles. The molecule has 8 unspecified atom stereocenters. The SMILES string of the molecule is O=P(O)(O)OC1[C@@H](OP(=O)(O)O)[C@H](OP(=O)(O)O)C(OCCOCC(COCCOC2[C@@H](OP(=O)(O)O)[C@H](OP(=O)(O)O)C(OP(=O)(O)O)[C@H](OP(=O)(O)O)[C@H]2OP(=O)(O)O)(COCCOC2[C@@H](OP(=O)(O)O)[C@H](OP(=O)(O)O)C(OP(=O)(O)O)[C@H](OP(=O)(O)O)[C@H]2OP(=O)(O)O)COCCOC2[C@@H](OP(=O)(O)O)[C@H](OP(=O)(O)O)C(OP(=O)(O)O)[C@H](OP(=O)(O)O)[C@H]2OP(=O)(O)O)[C@H](OP(=O)(O)O)[C@H]1OP(=O)(O)O. The van der Waals surface area contributed by atoms with E-state index in [1.807, 2.05) is 0 Å². The molecule has 24 atom stereocenters. The fraction of sp³-hybridized carbons (Fsp3) is 1.00. The minimum Gasteiger partial charge on any atom is -0.378 e. The maximum Gasteiger partial charge on any atom is 0.470 e. The van der Waals surface area contributed by atoms with Gasteiger partial charge in [-0.05, 0) is 0 Å². The van der Waals surface area contributed by atoms with E-state index in [9.17, 15) is 287 Å². The summed E-state index contributed by atoms with van der Waals surface area (Å²) in [5.74, 6) is 0. The van der Waals surface area contributed by atoms with Gasteiger partial charge in [-0.1, -0.05) is 0 Å². The number of phosphoric ester groups is 20. The lowest BCUT2D eigenvalue weighted by molar-refractivity contribution is -0.224. The molecule has 0 aromatic carbocycles. The van der Waals surface area contributed by atoms with E-state index in [0.29, 0.717) is 0 Å². The first-order valence-corrected chi connectivity index (χ1v) is 66.4. The zero-order valence-corrected chi connectivity index (χ0v) is 87.2. The second-order valence-electron chi connectivity index (χ2n) is 28.3. The molecular weight excluding hydrogens is 2470 g/mol. The van der Waals surface area contributed by atoms with Crippen LogP contribution in [0.25, 0.3) is 0 Å². The summed E-state index contributed by atoms with van der Waals surface area (Å²) in [7, 11) is -132. The molecule has 0 saturated heterocycles. The lowest BCUT2D eigenvalue weighted by Crippen LogP contribution is -2.66. The quantitative estimate of drug-likeness (QED) is 0.0199. The highest BCUT2D eigenvalue weighted by Gasteiger charge is 2.68. The number of hydrogen-bond acceptors (Lipinski definition) is 48. The lowest BCUT2D eigenvalue weighted by atomic mass is 9.85. The van der Waals surface area contributed by atoms with E-state index in [4.69, 9.17) is 37.9 Å². The van der Waals surface area contributed by atoms with Crippen LogP contribution >= 0.6 is 156 Å². The molecular formula is C37H88O88P20. The normalized spacial score (nSPS) is 29.6. The van der Waals surface area contributed by atoms with Gasteiger partial charge < -0.3 is 234 Å². The minimum absolute atomic E-state index is 1.64. The number of ether oxygens (including phenoxy) is 8. The van der Waals surface area contributed by atoms with Gasteiger partial charge in [0.15, 0.2) is 0 Å². The molecule has 0 heterocycles. The van der Waals surface area contributed by atoms with E-state index < -0.39 is 388 Å². The first-order valence-electron chi connectivity index (χ1n) is 35.8. The van der Waals surface area contributed by atoms with Gasteiger partial charge in [-0.2, -0.15) is 0 Å². The van der Waals surface area contributed by atoms with Crippen LogP contribution in [0.15, 0.2) is 0 Å². The summed E-state index contributed by atoms with van der Waals surface area (Å²) in [6.07, 6.45) is -84.2. The van der Waals surface area contributed by atoms with Crippen molar-refractivity contribution in [3.63, 3.8) is 0 Å². The Labute approximate surface area is 800 Å². The highest BCUT2D eigenvalue weighted by molar-refractivity contribution is 7.51. The Balaban J connectivity index is 2.23. The van der Waals surface area contributed by atoms with Crippen molar-refractivity contribution in [2.45, 2.75) is 146 Å². The molecule has 4 aliphatic carbocycles. The maximum atomic E-state index is 12.7. The van der Waals surface area contributed by atoms with Crippen molar-refractivity contribution in [3.8, 4) is 0 Å². The highest BCUT2D eigenvalue weighted by Crippen LogP contribution is 2.63. The molecule has 40 N–H and O–H groups in total. The third-order valence-electron chi connectivity index (χ3n) is 16.7. The van der Waals surface area contributed by atoms with Crippen LogP contribution in [0.3, 0.4) is 0 Å². The summed E-state index contributed by atoms with van der Waals surface area (Å²) in [4.78, 5) is 401. The van der Waals surface area contributed by atoms with Gasteiger partial charge in [-0.3, -0.25) is 90.5 Å². The van der Waals surface area contributed by atoms with Gasteiger partial charge in [0, 0.05) is 0 Å². The third-order valence-corrected chi connectivity index (χ3v) is 27.1. The van der Waals surface area contributed by atoms with E-state index in [0.717, 1.165) is 0 Å². The predicted octanol–water partition coefficient (Wildman–Crippen LogP) is -10.8. The molecule has 0 amide bonds. The zero-order valence-electron chi connectivity index (χ0n) is 69.3. The van der Waals surface area contributed by atoms with E-state index in [2.05, 4.69) is 90.5 Å². The van der Waals surface area contributed by atoms with E-state index >= 15 is 0 Å². The number of rotatable bonds is 64. The molecule has 0 aromatic rings. The molecule has 4 aliphatic rings. The highest BCUT2D eigenvalue weighted by atomic mass is 31.2. The van der Waals surface area contributed by atoms with Gasteiger partial charge in [-0.25, -0.2) is 91.3 Å². The number of hydrogen-bond donors (Lipinski definition) is 40. The monoisotopic (exact) mass is 2560 g/mol. The Hall–Kier alpha value is 1.88. The first-order chi connectivity index (χ1) is 64.3. The van der Waals surface area contributed by atoms with Crippen molar-refractivity contribution in [2.24, 2.45) is 5.41 Å². The average molecular weight is 2560 g/mol. The Morgan fingerprint density at radius 2 is 0.186 bits per heavy atom. The summed E-state index contributed by atoms with van der Waals surface area (Å²) < 4.78 is 384. The van der Waals surface area contributed by atoms with Crippen LogP contribution in [-0.4, -0.2) is 422 Å². The fourth-order valence-electron chi connectivity index (χ4n) is 13.2. The summed E-state index contributed by atoms with van der Waals surface area (Å²) in [6.45, 7) is -20.5. The summed E-state index contributed by atoms with van der Waals surface area (Å²) in [6, 6.07) is 0. The van der Waals surface area contributed by atoms with Gasteiger partial charge >= 0.3 is 156 Å². The van der Waals surface area contributed by atoms with Crippen LogP contribution in [0.5, 0.6) is 0 Å². The molecule has 4 fully saturated rings. The molecule has 145 heavy (non-hydrogen) atoms. The molecule has 0 radical (unpaired) electrons. The second kappa shape index (κ2) is 53.2.